The molecule has 1 saturated heterocycles. The van der Waals surface area contributed by atoms with Gasteiger partial charge in [0, 0.05) is 24.8 Å². The molecule has 1 atom stereocenters. The van der Waals surface area contributed by atoms with Crippen LogP contribution < -0.4 is 5.32 Å². The highest BCUT2D eigenvalue weighted by atomic mass is 16.2. The molecule has 1 aliphatic rings. The predicted molar refractivity (Wildman–Crippen MR) is 99.6 cm³/mol. The van der Waals surface area contributed by atoms with E-state index in [1.54, 1.807) is 12.4 Å². The van der Waals surface area contributed by atoms with Gasteiger partial charge in [-0.2, -0.15) is 0 Å². The molecule has 4 rings (SSSR count). The lowest BCUT2D eigenvalue weighted by Crippen LogP contribution is -2.39. The summed E-state index contributed by atoms with van der Waals surface area (Å²) in [5, 5.41) is 3.07. The van der Waals surface area contributed by atoms with Crippen molar-refractivity contribution in [2.24, 2.45) is 0 Å². The Bertz CT molecular complexity index is 899. The Balaban J connectivity index is 1.50. The summed E-state index contributed by atoms with van der Waals surface area (Å²) < 4.78 is 2.00. The molecule has 134 valence electrons. The molecule has 4 heterocycles. The second-order valence-electron chi connectivity index (χ2n) is 6.85. The summed E-state index contributed by atoms with van der Waals surface area (Å²) in [5.41, 5.74) is 3.87. The van der Waals surface area contributed by atoms with Gasteiger partial charge in [0.05, 0.1) is 12.2 Å². The van der Waals surface area contributed by atoms with Crippen LogP contribution in [0.4, 0.5) is 0 Å². The molecule has 1 fully saturated rings. The minimum absolute atomic E-state index is 0.00753. The van der Waals surface area contributed by atoms with Crippen LogP contribution in [-0.2, 0) is 11.3 Å². The average Bonchev–Trinajstić information content (AvgIpc) is 3.30. The Morgan fingerprint density at radius 1 is 1.23 bits per heavy atom. The van der Waals surface area contributed by atoms with Gasteiger partial charge in [-0.1, -0.05) is 12.1 Å². The number of rotatable bonds is 5. The number of fused-ring (bicyclic) bond motifs is 1. The third-order valence-corrected chi connectivity index (χ3v) is 4.85. The Morgan fingerprint density at radius 2 is 2.08 bits per heavy atom. The van der Waals surface area contributed by atoms with Crippen molar-refractivity contribution in [3.05, 3.63) is 65.9 Å². The van der Waals surface area contributed by atoms with Crippen molar-refractivity contribution in [1.82, 2.24) is 24.6 Å². The van der Waals surface area contributed by atoms with Gasteiger partial charge in [0.2, 0.25) is 5.91 Å². The first-order chi connectivity index (χ1) is 12.7. The first kappa shape index (κ1) is 16.7. The molecule has 6 nitrogen and oxygen atoms in total. The van der Waals surface area contributed by atoms with Gasteiger partial charge in [0.15, 0.2) is 0 Å². The van der Waals surface area contributed by atoms with Crippen LogP contribution in [0.3, 0.4) is 0 Å². The lowest BCUT2D eigenvalue weighted by atomic mass is 10.1. The largest absolute Gasteiger partial charge is 0.349 e. The van der Waals surface area contributed by atoms with Gasteiger partial charge in [0.25, 0.3) is 0 Å². The maximum absolute atomic E-state index is 13.0. The van der Waals surface area contributed by atoms with Crippen molar-refractivity contribution < 1.29 is 4.79 Å². The van der Waals surface area contributed by atoms with E-state index in [0.29, 0.717) is 6.54 Å². The number of aryl methyl sites for hydroxylation is 1. The Hall–Kier alpha value is -2.73. The SMILES string of the molecule is Cc1ccc2nc(CNC(=O)C(c3cccnc3)N3CCCC3)cn2c1. The summed E-state index contributed by atoms with van der Waals surface area (Å²) in [7, 11) is 0. The van der Waals surface area contributed by atoms with Crippen LogP contribution in [0.2, 0.25) is 0 Å². The van der Waals surface area contributed by atoms with E-state index in [9.17, 15) is 4.79 Å². The highest BCUT2D eigenvalue weighted by Crippen LogP contribution is 2.24. The molecule has 6 heteroatoms. The highest BCUT2D eigenvalue weighted by Gasteiger charge is 2.29. The van der Waals surface area contributed by atoms with E-state index in [1.165, 1.54) is 5.56 Å². The number of hydrogen-bond acceptors (Lipinski definition) is 4. The Morgan fingerprint density at radius 3 is 2.85 bits per heavy atom. The van der Waals surface area contributed by atoms with E-state index in [0.717, 1.165) is 42.8 Å². The number of imidazole rings is 1. The van der Waals surface area contributed by atoms with Gasteiger partial charge in [-0.25, -0.2) is 4.98 Å². The molecule has 3 aromatic rings. The summed E-state index contributed by atoms with van der Waals surface area (Å²) in [6.45, 7) is 4.36. The van der Waals surface area contributed by atoms with Crippen LogP contribution in [-0.4, -0.2) is 38.3 Å². The number of nitrogens with zero attached hydrogens (tertiary/aromatic N) is 4. The van der Waals surface area contributed by atoms with E-state index in [4.69, 9.17) is 0 Å². The lowest BCUT2D eigenvalue weighted by molar-refractivity contribution is -0.126. The zero-order valence-electron chi connectivity index (χ0n) is 14.9. The normalized spacial score (nSPS) is 16.0. The zero-order chi connectivity index (χ0) is 17.9. The smallest absolute Gasteiger partial charge is 0.242 e. The van der Waals surface area contributed by atoms with Crippen molar-refractivity contribution in [3.8, 4) is 0 Å². The maximum atomic E-state index is 13.0. The van der Waals surface area contributed by atoms with Gasteiger partial charge in [-0.3, -0.25) is 14.7 Å². The third kappa shape index (κ3) is 3.46. The number of aromatic nitrogens is 3. The monoisotopic (exact) mass is 349 g/mol. The third-order valence-electron chi connectivity index (χ3n) is 4.85. The molecule has 1 N–H and O–H groups in total. The van der Waals surface area contributed by atoms with Gasteiger partial charge in [0.1, 0.15) is 11.7 Å². The first-order valence-electron chi connectivity index (χ1n) is 9.06. The van der Waals surface area contributed by atoms with E-state index < -0.39 is 0 Å². The summed E-state index contributed by atoms with van der Waals surface area (Å²) >= 11 is 0. The minimum Gasteiger partial charge on any atom is -0.349 e. The molecule has 0 radical (unpaired) electrons. The van der Waals surface area contributed by atoms with Crippen molar-refractivity contribution in [3.63, 3.8) is 0 Å². The number of carbonyl (C=O) groups excluding carboxylic acids is 1. The molecule has 3 aromatic heterocycles. The number of amides is 1. The minimum atomic E-state index is -0.287. The van der Waals surface area contributed by atoms with E-state index in [1.807, 2.05) is 41.1 Å². The van der Waals surface area contributed by atoms with Gasteiger partial charge in [-0.05, 0) is 56.1 Å². The molecule has 1 unspecified atom stereocenters. The molecule has 1 amide bonds. The predicted octanol–water partition coefficient (Wildman–Crippen LogP) is 2.49. The van der Waals surface area contributed by atoms with Gasteiger partial charge in [-0.15, -0.1) is 0 Å². The quantitative estimate of drug-likeness (QED) is 0.769. The lowest BCUT2D eigenvalue weighted by Gasteiger charge is -2.26. The molecule has 0 saturated carbocycles. The summed E-state index contributed by atoms with van der Waals surface area (Å²) in [6.07, 6.45) is 9.80. The van der Waals surface area contributed by atoms with Crippen molar-refractivity contribution >= 4 is 11.6 Å². The first-order valence-corrected chi connectivity index (χ1v) is 9.06. The highest BCUT2D eigenvalue weighted by molar-refractivity contribution is 5.83. The molecule has 0 bridgehead atoms. The van der Waals surface area contributed by atoms with Crippen LogP contribution in [0.5, 0.6) is 0 Å². The number of hydrogen-bond donors (Lipinski definition) is 1. The summed E-state index contributed by atoms with van der Waals surface area (Å²) in [4.78, 5) is 24.0. The maximum Gasteiger partial charge on any atom is 0.242 e. The molecule has 1 aliphatic heterocycles. The van der Waals surface area contributed by atoms with Crippen molar-refractivity contribution in [2.75, 3.05) is 13.1 Å². The second-order valence-corrected chi connectivity index (χ2v) is 6.85. The van der Waals surface area contributed by atoms with Crippen molar-refractivity contribution in [2.45, 2.75) is 32.4 Å². The fourth-order valence-corrected chi connectivity index (χ4v) is 3.58. The van der Waals surface area contributed by atoms with E-state index in [-0.39, 0.29) is 11.9 Å². The van der Waals surface area contributed by atoms with Crippen molar-refractivity contribution in [1.29, 1.82) is 0 Å². The van der Waals surface area contributed by atoms with Crippen LogP contribution in [0.25, 0.3) is 5.65 Å². The fourth-order valence-electron chi connectivity index (χ4n) is 3.58. The zero-order valence-corrected chi connectivity index (χ0v) is 14.9. The van der Waals surface area contributed by atoms with E-state index in [2.05, 4.69) is 27.1 Å². The average molecular weight is 349 g/mol. The molecular weight excluding hydrogens is 326 g/mol. The topological polar surface area (TPSA) is 62.5 Å². The Kier molecular flexibility index (Phi) is 4.67. The molecule has 0 aromatic carbocycles. The molecule has 26 heavy (non-hydrogen) atoms. The fraction of sp³-hybridized carbons (Fsp3) is 0.350. The second kappa shape index (κ2) is 7.25. The van der Waals surface area contributed by atoms with Crippen LogP contribution >= 0.6 is 0 Å². The molecule has 0 aliphatic carbocycles. The Labute approximate surface area is 152 Å². The number of pyridine rings is 2. The summed E-state index contributed by atoms with van der Waals surface area (Å²) in [6, 6.07) is 7.60. The van der Waals surface area contributed by atoms with E-state index >= 15 is 0 Å². The van der Waals surface area contributed by atoms with Gasteiger partial charge >= 0.3 is 0 Å². The number of carbonyl (C=O) groups is 1. The summed E-state index contributed by atoms with van der Waals surface area (Å²) in [5.74, 6) is 0.00753. The van der Waals surface area contributed by atoms with Crippen LogP contribution in [0.1, 0.15) is 35.7 Å². The number of likely N-dealkylation sites (tertiary alicyclic amines) is 1. The van der Waals surface area contributed by atoms with Crippen LogP contribution in [0, 0.1) is 6.92 Å². The van der Waals surface area contributed by atoms with Gasteiger partial charge < -0.3 is 9.72 Å². The standard InChI is InChI=1S/C20H23N5O/c1-15-6-7-18-23-17(14-25(18)13-15)12-22-20(26)19(24-9-2-3-10-24)16-5-4-8-21-11-16/h4-8,11,13-14,19H,2-3,9-10,12H2,1H3,(H,22,26). The molecular formula is C20H23N5O. The van der Waals surface area contributed by atoms with Crippen LogP contribution in [0.15, 0.2) is 49.1 Å². The number of nitrogens with one attached hydrogen (secondary N) is 1. The molecule has 0 spiro atoms.